The summed E-state index contributed by atoms with van der Waals surface area (Å²) in [4.78, 5) is 16.1. The summed E-state index contributed by atoms with van der Waals surface area (Å²) in [6, 6.07) is 0.664. The highest BCUT2D eigenvalue weighted by atomic mass is 16.5. The molecule has 1 aliphatic rings. The van der Waals surface area contributed by atoms with Gasteiger partial charge in [-0.15, -0.1) is 0 Å². The van der Waals surface area contributed by atoms with Crippen molar-refractivity contribution in [2.45, 2.75) is 26.3 Å². The fourth-order valence-corrected chi connectivity index (χ4v) is 2.08. The zero-order valence-corrected chi connectivity index (χ0v) is 10.7. The number of methoxy groups -OCH3 is 1. The fraction of sp³-hybridized carbons (Fsp3) is 0.917. The third-order valence-electron chi connectivity index (χ3n) is 3.33. The van der Waals surface area contributed by atoms with Crippen LogP contribution in [0.3, 0.4) is 0 Å². The Kier molecular flexibility index (Phi) is 5.95. The molecule has 1 rings (SSSR count). The van der Waals surface area contributed by atoms with E-state index in [1.807, 2.05) is 0 Å². The van der Waals surface area contributed by atoms with Crippen molar-refractivity contribution in [2.75, 3.05) is 46.4 Å². The van der Waals surface area contributed by atoms with Gasteiger partial charge in [0.25, 0.3) is 0 Å². The first-order valence-electron chi connectivity index (χ1n) is 6.14. The Bertz CT molecular complexity index is 213. The Morgan fingerprint density at radius 1 is 1.31 bits per heavy atom. The molecular formula is C12H24N2O2. The van der Waals surface area contributed by atoms with Gasteiger partial charge < -0.3 is 4.74 Å². The van der Waals surface area contributed by atoms with E-state index in [1.54, 1.807) is 7.11 Å². The molecule has 1 fully saturated rings. The van der Waals surface area contributed by atoms with Gasteiger partial charge in [-0.1, -0.05) is 6.92 Å². The number of rotatable bonds is 6. The van der Waals surface area contributed by atoms with Crippen LogP contribution in [0.15, 0.2) is 0 Å². The minimum atomic E-state index is 0.180. The van der Waals surface area contributed by atoms with Gasteiger partial charge in [0, 0.05) is 39.3 Å². The largest absolute Gasteiger partial charge is 0.377 e. The van der Waals surface area contributed by atoms with Crippen LogP contribution in [0.1, 0.15) is 20.3 Å². The minimum absolute atomic E-state index is 0.180. The molecule has 0 amide bonds. The molecule has 1 heterocycles. The Labute approximate surface area is 98.5 Å². The summed E-state index contributed by atoms with van der Waals surface area (Å²) in [6.45, 7) is 9.43. The highest BCUT2D eigenvalue weighted by Gasteiger charge is 2.21. The van der Waals surface area contributed by atoms with Crippen LogP contribution in [0.2, 0.25) is 0 Å². The van der Waals surface area contributed by atoms with Crippen molar-refractivity contribution < 1.29 is 9.53 Å². The van der Waals surface area contributed by atoms with E-state index in [0.717, 1.165) is 26.2 Å². The van der Waals surface area contributed by atoms with E-state index in [2.05, 4.69) is 23.6 Å². The Morgan fingerprint density at radius 2 is 1.94 bits per heavy atom. The molecule has 0 aromatic carbocycles. The summed E-state index contributed by atoms with van der Waals surface area (Å²) in [5, 5.41) is 0. The molecule has 0 saturated carbocycles. The standard InChI is InChI=1S/C12H24N2O2/c1-4-11(2)14-7-5-13(6-8-14)9-12(15)10-16-3/h11H,4-10H2,1-3H3. The molecule has 4 nitrogen and oxygen atoms in total. The molecular weight excluding hydrogens is 204 g/mol. The predicted molar refractivity (Wildman–Crippen MR) is 64.6 cm³/mol. The second-order valence-electron chi connectivity index (χ2n) is 4.54. The second kappa shape index (κ2) is 6.99. The number of piperazine rings is 1. The molecule has 0 radical (unpaired) electrons. The topological polar surface area (TPSA) is 32.8 Å². The molecule has 1 unspecified atom stereocenters. The van der Waals surface area contributed by atoms with Crippen LogP contribution in [0.25, 0.3) is 0 Å². The van der Waals surface area contributed by atoms with Crippen LogP contribution in [-0.2, 0) is 9.53 Å². The predicted octanol–water partition coefficient (Wildman–Crippen LogP) is 0.618. The van der Waals surface area contributed by atoms with Crippen LogP contribution in [-0.4, -0.2) is 68.1 Å². The molecule has 1 atom stereocenters. The Morgan fingerprint density at radius 3 is 2.44 bits per heavy atom. The van der Waals surface area contributed by atoms with Gasteiger partial charge in [-0.25, -0.2) is 0 Å². The number of hydrogen-bond acceptors (Lipinski definition) is 4. The highest BCUT2D eigenvalue weighted by Crippen LogP contribution is 2.08. The van der Waals surface area contributed by atoms with E-state index in [9.17, 15) is 4.79 Å². The number of Topliss-reactive ketones (excluding diaryl/α,β-unsaturated/α-hetero) is 1. The van der Waals surface area contributed by atoms with E-state index in [-0.39, 0.29) is 12.4 Å². The third kappa shape index (κ3) is 4.20. The monoisotopic (exact) mass is 228 g/mol. The first-order valence-corrected chi connectivity index (χ1v) is 6.14. The van der Waals surface area contributed by atoms with Crippen molar-refractivity contribution in [1.29, 1.82) is 0 Å². The normalized spacial score (nSPS) is 20.9. The van der Waals surface area contributed by atoms with Crippen LogP contribution < -0.4 is 0 Å². The summed E-state index contributed by atoms with van der Waals surface area (Å²) < 4.78 is 4.84. The lowest BCUT2D eigenvalue weighted by atomic mass is 10.2. The maximum Gasteiger partial charge on any atom is 0.172 e. The van der Waals surface area contributed by atoms with Gasteiger partial charge in [0.2, 0.25) is 0 Å². The summed E-state index contributed by atoms with van der Waals surface area (Å²) in [6.07, 6.45) is 1.20. The number of hydrogen-bond donors (Lipinski definition) is 0. The molecule has 0 aromatic heterocycles. The SMILES string of the molecule is CCC(C)N1CCN(CC(=O)COC)CC1. The summed E-state index contributed by atoms with van der Waals surface area (Å²) >= 11 is 0. The fourth-order valence-electron chi connectivity index (χ4n) is 2.08. The van der Waals surface area contributed by atoms with Crippen LogP contribution in [0.4, 0.5) is 0 Å². The van der Waals surface area contributed by atoms with Gasteiger partial charge in [-0.05, 0) is 13.3 Å². The molecule has 0 N–H and O–H groups in total. The maximum absolute atomic E-state index is 11.4. The molecule has 4 heteroatoms. The first-order chi connectivity index (χ1) is 7.67. The van der Waals surface area contributed by atoms with E-state index in [1.165, 1.54) is 6.42 Å². The highest BCUT2D eigenvalue weighted by molar-refractivity contribution is 5.81. The molecule has 0 bridgehead atoms. The van der Waals surface area contributed by atoms with Crippen LogP contribution in [0.5, 0.6) is 0 Å². The van der Waals surface area contributed by atoms with Crippen LogP contribution >= 0.6 is 0 Å². The average Bonchev–Trinajstić information content (AvgIpc) is 2.29. The summed E-state index contributed by atoms with van der Waals surface area (Å²) in [7, 11) is 1.57. The van der Waals surface area contributed by atoms with Crippen molar-refractivity contribution in [3.8, 4) is 0 Å². The molecule has 0 aromatic rings. The number of ketones is 1. The van der Waals surface area contributed by atoms with Crippen molar-refractivity contribution >= 4 is 5.78 Å². The van der Waals surface area contributed by atoms with Gasteiger partial charge in [0.05, 0.1) is 6.54 Å². The van der Waals surface area contributed by atoms with Crippen molar-refractivity contribution in [3.05, 3.63) is 0 Å². The zero-order chi connectivity index (χ0) is 12.0. The summed E-state index contributed by atoms with van der Waals surface area (Å²) in [5.74, 6) is 0.180. The molecule has 0 spiro atoms. The Balaban J connectivity index is 2.24. The lowest BCUT2D eigenvalue weighted by molar-refractivity contribution is -0.124. The number of carbonyl (C=O) groups excluding carboxylic acids is 1. The lowest BCUT2D eigenvalue weighted by Gasteiger charge is -2.37. The van der Waals surface area contributed by atoms with Crippen molar-refractivity contribution in [1.82, 2.24) is 9.80 Å². The van der Waals surface area contributed by atoms with Gasteiger partial charge >= 0.3 is 0 Å². The third-order valence-corrected chi connectivity index (χ3v) is 3.33. The van der Waals surface area contributed by atoms with Gasteiger partial charge in [0.15, 0.2) is 5.78 Å². The zero-order valence-electron chi connectivity index (χ0n) is 10.7. The minimum Gasteiger partial charge on any atom is -0.377 e. The molecule has 1 saturated heterocycles. The molecule has 94 valence electrons. The van der Waals surface area contributed by atoms with Gasteiger partial charge in [0.1, 0.15) is 6.61 Å². The number of ether oxygens (including phenoxy) is 1. The lowest BCUT2D eigenvalue weighted by Crippen LogP contribution is -2.50. The van der Waals surface area contributed by atoms with Crippen molar-refractivity contribution in [2.24, 2.45) is 0 Å². The average molecular weight is 228 g/mol. The summed E-state index contributed by atoms with van der Waals surface area (Å²) in [5.41, 5.74) is 0. The Hall–Kier alpha value is -0.450. The van der Waals surface area contributed by atoms with E-state index >= 15 is 0 Å². The number of nitrogens with zero attached hydrogens (tertiary/aromatic N) is 2. The molecule has 16 heavy (non-hydrogen) atoms. The van der Waals surface area contributed by atoms with E-state index in [4.69, 9.17) is 4.74 Å². The van der Waals surface area contributed by atoms with Crippen molar-refractivity contribution in [3.63, 3.8) is 0 Å². The molecule has 0 aliphatic carbocycles. The quantitative estimate of drug-likeness (QED) is 0.667. The maximum atomic E-state index is 11.4. The van der Waals surface area contributed by atoms with Gasteiger partial charge in [-0.3, -0.25) is 14.6 Å². The van der Waals surface area contributed by atoms with E-state index in [0.29, 0.717) is 12.6 Å². The molecule has 1 aliphatic heterocycles. The van der Waals surface area contributed by atoms with Crippen LogP contribution in [0, 0.1) is 0 Å². The van der Waals surface area contributed by atoms with E-state index < -0.39 is 0 Å². The second-order valence-corrected chi connectivity index (χ2v) is 4.54. The smallest absolute Gasteiger partial charge is 0.172 e. The van der Waals surface area contributed by atoms with Gasteiger partial charge in [-0.2, -0.15) is 0 Å². The number of carbonyl (C=O) groups is 1. The first kappa shape index (κ1) is 13.6.